The van der Waals surface area contributed by atoms with Crippen LogP contribution in [0.2, 0.25) is 0 Å². The topological polar surface area (TPSA) is 197 Å². The number of esters is 1. The standard InChI is InChI=1S/C49H75NO12/c1-29-14-10-9-11-15-30(2)41(60-8)27-38-22-17-35(7)49(59,62-38)46(56)47(57)50-23-13-12-16-39(50)48(58)61-42(32(4)26-36-18-20-37(51)21-19-36)28-40(52)31(3)25-34(6)44(54)45(55)43(53)33(5)24-29/h9-11,14-15,25,29,31-33,35-39,41-42,44-45,51,54-55,59H,12-13,16-24,26-28H2,1-8H3/b11-9-,14-10-,30-15-,34-25-/t29-,31-,32-,33-,35-,36?,37?,38+,39+,41+,42+,44-,45+,49-/m1/s1. The van der Waals surface area contributed by atoms with E-state index in [9.17, 15) is 44.4 Å². The van der Waals surface area contributed by atoms with Gasteiger partial charge in [0.25, 0.3) is 11.7 Å². The maximum absolute atomic E-state index is 14.2. The lowest BCUT2D eigenvalue weighted by molar-refractivity contribution is -0.265. The number of carbonyl (C=O) groups is 5. The van der Waals surface area contributed by atoms with Crippen molar-refractivity contribution in [2.45, 2.75) is 180 Å². The van der Waals surface area contributed by atoms with E-state index in [-0.39, 0.29) is 54.6 Å². The Morgan fingerprint density at radius 1 is 0.855 bits per heavy atom. The summed E-state index contributed by atoms with van der Waals surface area (Å²) in [7, 11) is 1.57. The molecule has 0 unspecified atom stereocenters. The Morgan fingerprint density at radius 3 is 2.23 bits per heavy atom. The van der Waals surface area contributed by atoms with Crippen LogP contribution in [0.1, 0.15) is 132 Å². The molecule has 1 saturated carbocycles. The normalized spacial score (nSPS) is 40.6. The van der Waals surface area contributed by atoms with Crippen molar-refractivity contribution in [2.24, 2.45) is 35.5 Å². The predicted octanol–water partition coefficient (Wildman–Crippen LogP) is 5.90. The van der Waals surface area contributed by atoms with Crippen LogP contribution in [0.3, 0.4) is 0 Å². The summed E-state index contributed by atoms with van der Waals surface area (Å²) in [6.07, 6.45) is 11.8. The first kappa shape index (κ1) is 51.3. The number of aliphatic hydroxyl groups excluding tert-OH is 3. The smallest absolute Gasteiger partial charge is 0.329 e. The Morgan fingerprint density at radius 2 is 1.55 bits per heavy atom. The van der Waals surface area contributed by atoms with Gasteiger partial charge in [0, 0.05) is 44.2 Å². The average molecular weight is 870 g/mol. The lowest BCUT2D eigenvalue weighted by Gasteiger charge is -2.42. The van der Waals surface area contributed by atoms with Gasteiger partial charge in [0.15, 0.2) is 5.78 Å². The number of hydrogen-bond acceptors (Lipinski definition) is 12. The van der Waals surface area contributed by atoms with E-state index in [1.54, 1.807) is 34.8 Å². The molecule has 0 aromatic carbocycles. The molecule has 1 aliphatic carbocycles. The average Bonchev–Trinajstić information content (AvgIpc) is 3.25. The number of rotatable bonds is 4. The van der Waals surface area contributed by atoms with E-state index < -0.39 is 83.5 Å². The van der Waals surface area contributed by atoms with Gasteiger partial charge in [-0.05, 0) is 113 Å². The van der Waals surface area contributed by atoms with Crippen LogP contribution in [0.5, 0.6) is 0 Å². The van der Waals surface area contributed by atoms with Gasteiger partial charge in [0.2, 0.25) is 5.79 Å². The molecule has 3 fully saturated rings. The van der Waals surface area contributed by atoms with Crippen molar-refractivity contribution in [3.63, 3.8) is 0 Å². The van der Waals surface area contributed by atoms with Gasteiger partial charge >= 0.3 is 5.97 Å². The summed E-state index contributed by atoms with van der Waals surface area (Å²) >= 11 is 0. The molecule has 0 aromatic rings. The van der Waals surface area contributed by atoms with Crippen molar-refractivity contribution in [1.29, 1.82) is 0 Å². The molecular formula is C49H75NO12. The number of hydrogen-bond donors (Lipinski definition) is 4. The molecule has 3 heterocycles. The van der Waals surface area contributed by atoms with E-state index in [1.165, 1.54) is 11.0 Å². The second-order valence-electron chi connectivity index (χ2n) is 19.0. The zero-order valence-corrected chi connectivity index (χ0v) is 38.4. The highest BCUT2D eigenvalue weighted by molar-refractivity contribution is 6.39. The van der Waals surface area contributed by atoms with Crippen molar-refractivity contribution >= 4 is 29.2 Å². The van der Waals surface area contributed by atoms with Gasteiger partial charge in [-0.2, -0.15) is 0 Å². The minimum atomic E-state index is -2.42. The van der Waals surface area contributed by atoms with E-state index in [2.05, 4.69) is 0 Å². The molecule has 1 amide bonds. The molecule has 0 aromatic heterocycles. The summed E-state index contributed by atoms with van der Waals surface area (Å²) in [5.41, 5.74) is 1.13. The van der Waals surface area contributed by atoms with Crippen LogP contribution in [-0.4, -0.2) is 117 Å². The molecule has 13 nitrogen and oxygen atoms in total. The Balaban J connectivity index is 1.68. The number of aliphatic hydroxyl groups is 4. The van der Waals surface area contributed by atoms with E-state index in [4.69, 9.17) is 14.2 Å². The number of Topliss-reactive ketones (excluding diaryl/α,β-unsaturated/α-hetero) is 3. The third-order valence-electron chi connectivity index (χ3n) is 13.9. The summed E-state index contributed by atoms with van der Waals surface area (Å²) in [6.45, 7) is 12.5. The molecule has 0 radical (unpaired) electrons. The monoisotopic (exact) mass is 870 g/mol. The first-order chi connectivity index (χ1) is 29.3. The Bertz CT molecular complexity index is 1680. The van der Waals surface area contributed by atoms with Crippen molar-refractivity contribution in [3.8, 4) is 0 Å². The summed E-state index contributed by atoms with van der Waals surface area (Å²) in [5.74, 6) is -8.23. The van der Waals surface area contributed by atoms with E-state index in [1.807, 2.05) is 51.2 Å². The summed E-state index contributed by atoms with van der Waals surface area (Å²) in [5, 5.41) is 44.1. The quantitative estimate of drug-likeness (QED) is 0.149. The number of amides is 1. The third kappa shape index (κ3) is 13.6. The van der Waals surface area contributed by atoms with Crippen LogP contribution in [0.15, 0.2) is 47.6 Å². The molecule has 12 atom stereocenters. The second kappa shape index (κ2) is 23.6. The molecule has 0 spiro atoms. The number of ketones is 3. The summed E-state index contributed by atoms with van der Waals surface area (Å²) in [4.78, 5) is 70.9. The second-order valence-corrected chi connectivity index (χ2v) is 19.0. The number of carbonyl (C=O) groups excluding carboxylic acids is 5. The lowest BCUT2D eigenvalue weighted by atomic mass is 9.79. The van der Waals surface area contributed by atoms with E-state index in [0.717, 1.165) is 18.4 Å². The van der Waals surface area contributed by atoms with Crippen LogP contribution in [0, 0.1) is 35.5 Å². The minimum absolute atomic E-state index is 0.0286. The molecule has 2 bridgehead atoms. The fraction of sp³-hybridized carbons (Fsp3) is 0.735. The van der Waals surface area contributed by atoms with Crippen LogP contribution in [0.25, 0.3) is 0 Å². The Kier molecular flexibility index (Phi) is 19.5. The predicted molar refractivity (Wildman–Crippen MR) is 234 cm³/mol. The number of allylic oxidation sites excluding steroid dienone is 6. The Hall–Kier alpha value is -3.33. The number of fused-ring (bicyclic) bond motifs is 3. The fourth-order valence-electron chi connectivity index (χ4n) is 9.61. The number of nitrogens with zero attached hydrogens (tertiary/aromatic N) is 1. The SMILES string of the molecule is CO[C@H]1C[C@@H]2CC[C@@H](C)[C@@](O)(O2)C(=O)C(=O)N2CCCC[C@H]2C(=O)O[C@H]([C@H](C)CC2CCC(O)CC2)CC(=O)[C@H](C)/C=C(/C)[C@@H](O)[C@@H](O)C(=O)[C@H](C)C[C@H](C)\C=C/C=C\C=C/1C. The zero-order valence-electron chi connectivity index (χ0n) is 38.4. The molecular weight excluding hydrogens is 795 g/mol. The van der Waals surface area contributed by atoms with Crippen LogP contribution in [-0.2, 0) is 38.2 Å². The zero-order chi connectivity index (χ0) is 45.9. The van der Waals surface area contributed by atoms with E-state index in [0.29, 0.717) is 57.8 Å². The first-order valence-corrected chi connectivity index (χ1v) is 23.1. The van der Waals surface area contributed by atoms with Crippen molar-refractivity contribution < 1.29 is 58.6 Å². The highest BCUT2D eigenvalue weighted by atomic mass is 16.6. The molecule has 62 heavy (non-hydrogen) atoms. The number of ether oxygens (including phenoxy) is 3. The van der Waals surface area contributed by atoms with Crippen molar-refractivity contribution in [1.82, 2.24) is 4.90 Å². The van der Waals surface area contributed by atoms with Gasteiger partial charge < -0.3 is 39.5 Å². The van der Waals surface area contributed by atoms with Gasteiger partial charge in [-0.1, -0.05) is 71.1 Å². The van der Waals surface area contributed by atoms with Crippen LogP contribution in [0.4, 0.5) is 0 Å². The maximum atomic E-state index is 14.2. The number of cyclic esters (lactones) is 1. The highest BCUT2D eigenvalue weighted by Crippen LogP contribution is 2.37. The third-order valence-corrected chi connectivity index (χ3v) is 13.9. The lowest BCUT2D eigenvalue weighted by Crippen LogP contribution is -2.61. The molecule has 3 aliphatic heterocycles. The minimum Gasteiger partial charge on any atom is -0.460 e. The molecule has 2 saturated heterocycles. The van der Waals surface area contributed by atoms with Gasteiger partial charge in [0.1, 0.15) is 30.1 Å². The van der Waals surface area contributed by atoms with Crippen LogP contribution >= 0.6 is 0 Å². The first-order valence-electron chi connectivity index (χ1n) is 23.1. The molecule has 13 heteroatoms. The Labute approximate surface area is 369 Å². The summed E-state index contributed by atoms with van der Waals surface area (Å²) in [6, 6.07) is -1.13. The maximum Gasteiger partial charge on any atom is 0.329 e. The van der Waals surface area contributed by atoms with Crippen LogP contribution < -0.4 is 0 Å². The number of methoxy groups -OCH3 is 1. The van der Waals surface area contributed by atoms with Gasteiger partial charge in [0.05, 0.1) is 18.3 Å². The van der Waals surface area contributed by atoms with Gasteiger partial charge in [-0.25, -0.2) is 4.79 Å². The molecule has 4 aliphatic rings. The molecule has 4 rings (SSSR count). The number of piperidine rings is 1. The van der Waals surface area contributed by atoms with Crippen molar-refractivity contribution in [3.05, 3.63) is 47.6 Å². The highest BCUT2D eigenvalue weighted by Gasteiger charge is 2.53. The van der Waals surface area contributed by atoms with E-state index >= 15 is 0 Å². The molecule has 348 valence electrons. The fourth-order valence-corrected chi connectivity index (χ4v) is 9.61. The van der Waals surface area contributed by atoms with Gasteiger partial charge in [-0.15, -0.1) is 0 Å². The van der Waals surface area contributed by atoms with Gasteiger partial charge in [-0.3, -0.25) is 19.2 Å². The van der Waals surface area contributed by atoms with Crippen molar-refractivity contribution in [2.75, 3.05) is 13.7 Å². The molecule has 4 N–H and O–H groups in total. The largest absolute Gasteiger partial charge is 0.460 e. The summed E-state index contributed by atoms with van der Waals surface area (Å²) < 4.78 is 18.1.